The summed E-state index contributed by atoms with van der Waals surface area (Å²) in [5.74, 6) is -0.505. The molecule has 1 aromatic rings. The van der Waals surface area contributed by atoms with E-state index in [1.165, 1.54) is 19.2 Å². The third kappa shape index (κ3) is 4.53. The van der Waals surface area contributed by atoms with Gasteiger partial charge in [0.15, 0.2) is 0 Å². The third-order valence-corrected chi connectivity index (χ3v) is 4.25. The lowest BCUT2D eigenvalue weighted by Crippen LogP contribution is -2.30. The number of benzene rings is 1. The van der Waals surface area contributed by atoms with E-state index in [0.29, 0.717) is 0 Å². The summed E-state index contributed by atoms with van der Waals surface area (Å²) in [6.07, 6.45) is 0. The Bertz CT molecular complexity index is 508. The maximum Gasteiger partial charge on any atom is 0.212 e. The number of halogens is 2. The predicted molar refractivity (Wildman–Crippen MR) is 70.7 cm³/mol. The molecular formula is C11H16ClFN2O2S. The van der Waals surface area contributed by atoms with Crippen LogP contribution in [-0.2, 0) is 10.0 Å². The van der Waals surface area contributed by atoms with Crippen molar-refractivity contribution in [3.05, 3.63) is 34.6 Å². The second-order valence-electron chi connectivity index (χ2n) is 3.87. The standard InChI is InChI=1S/C11H16ClFN2O2S/c1-8(15-5-6-18(16,17)14-2)9-3-4-10(12)11(13)7-9/h3-4,7-8,14-15H,5-6H2,1-2H3. The van der Waals surface area contributed by atoms with Crippen LogP contribution in [0, 0.1) is 5.82 Å². The van der Waals surface area contributed by atoms with E-state index >= 15 is 0 Å². The molecule has 0 saturated heterocycles. The van der Waals surface area contributed by atoms with Crippen LogP contribution < -0.4 is 10.0 Å². The zero-order chi connectivity index (χ0) is 13.8. The lowest BCUT2D eigenvalue weighted by molar-refractivity contribution is 0.562. The Labute approximate surface area is 112 Å². The van der Waals surface area contributed by atoms with Crippen molar-refractivity contribution in [2.75, 3.05) is 19.3 Å². The smallest absolute Gasteiger partial charge is 0.212 e. The lowest BCUT2D eigenvalue weighted by Gasteiger charge is -2.14. The number of sulfonamides is 1. The molecule has 1 unspecified atom stereocenters. The van der Waals surface area contributed by atoms with Gasteiger partial charge in [-0.3, -0.25) is 0 Å². The summed E-state index contributed by atoms with van der Waals surface area (Å²) in [7, 11) is -1.85. The molecular weight excluding hydrogens is 279 g/mol. The fourth-order valence-electron chi connectivity index (χ4n) is 1.41. The summed E-state index contributed by atoms with van der Waals surface area (Å²) >= 11 is 5.59. The van der Waals surface area contributed by atoms with Crippen molar-refractivity contribution in [1.29, 1.82) is 0 Å². The van der Waals surface area contributed by atoms with E-state index < -0.39 is 15.8 Å². The molecule has 1 atom stereocenters. The van der Waals surface area contributed by atoms with Crippen LogP contribution in [0.5, 0.6) is 0 Å². The molecule has 1 aromatic carbocycles. The van der Waals surface area contributed by atoms with E-state index in [9.17, 15) is 12.8 Å². The monoisotopic (exact) mass is 294 g/mol. The number of hydrogen-bond donors (Lipinski definition) is 2. The topological polar surface area (TPSA) is 58.2 Å². The first-order valence-corrected chi connectivity index (χ1v) is 7.48. The molecule has 4 nitrogen and oxygen atoms in total. The molecule has 0 fully saturated rings. The Morgan fingerprint density at radius 2 is 2.11 bits per heavy atom. The summed E-state index contributed by atoms with van der Waals surface area (Å²) in [4.78, 5) is 0. The molecule has 0 aliphatic carbocycles. The number of hydrogen-bond acceptors (Lipinski definition) is 3. The van der Waals surface area contributed by atoms with Crippen molar-refractivity contribution in [3.8, 4) is 0 Å². The Morgan fingerprint density at radius 1 is 1.44 bits per heavy atom. The fraction of sp³-hybridized carbons (Fsp3) is 0.455. The average Bonchev–Trinajstić information content (AvgIpc) is 2.32. The van der Waals surface area contributed by atoms with Crippen LogP contribution in [0.2, 0.25) is 5.02 Å². The SMILES string of the molecule is CNS(=O)(=O)CCNC(C)c1ccc(Cl)c(F)c1. The maximum absolute atomic E-state index is 13.2. The maximum atomic E-state index is 13.2. The molecule has 0 amide bonds. The van der Waals surface area contributed by atoms with Crippen molar-refractivity contribution in [2.45, 2.75) is 13.0 Å². The van der Waals surface area contributed by atoms with Gasteiger partial charge in [0.2, 0.25) is 10.0 Å². The number of nitrogens with one attached hydrogen (secondary N) is 2. The highest BCUT2D eigenvalue weighted by atomic mass is 35.5. The Balaban J connectivity index is 2.55. The molecule has 0 saturated carbocycles. The minimum Gasteiger partial charge on any atom is -0.309 e. The second-order valence-corrected chi connectivity index (χ2v) is 6.33. The van der Waals surface area contributed by atoms with Crippen molar-refractivity contribution in [1.82, 2.24) is 10.0 Å². The van der Waals surface area contributed by atoms with Gasteiger partial charge in [0.1, 0.15) is 5.82 Å². The van der Waals surface area contributed by atoms with Gasteiger partial charge in [0.05, 0.1) is 10.8 Å². The van der Waals surface area contributed by atoms with Crippen LogP contribution in [0.25, 0.3) is 0 Å². The zero-order valence-electron chi connectivity index (χ0n) is 10.2. The first-order valence-electron chi connectivity index (χ1n) is 5.45. The van der Waals surface area contributed by atoms with Gasteiger partial charge in [0.25, 0.3) is 0 Å². The van der Waals surface area contributed by atoms with Gasteiger partial charge in [-0.15, -0.1) is 0 Å². The second kappa shape index (κ2) is 6.47. The molecule has 1 rings (SSSR count). The third-order valence-electron chi connectivity index (χ3n) is 2.58. The first kappa shape index (κ1) is 15.4. The van der Waals surface area contributed by atoms with Crippen molar-refractivity contribution in [2.24, 2.45) is 0 Å². The van der Waals surface area contributed by atoms with Gasteiger partial charge in [-0.2, -0.15) is 0 Å². The van der Waals surface area contributed by atoms with Crippen LogP contribution in [0.15, 0.2) is 18.2 Å². The van der Waals surface area contributed by atoms with E-state index in [0.717, 1.165) is 5.56 Å². The molecule has 0 spiro atoms. The molecule has 2 N–H and O–H groups in total. The van der Waals surface area contributed by atoms with Gasteiger partial charge in [-0.05, 0) is 31.7 Å². The number of rotatable bonds is 6. The van der Waals surface area contributed by atoms with Gasteiger partial charge in [0, 0.05) is 12.6 Å². The zero-order valence-corrected chi connectivity index (χ0v) is 11.8. The normalized spacial score (nSPS) is 13.6. The lowest BCUT2D eigenvalue weighted by atomic mass is 10.1. The molecule has 0 heterocycles. The summed E-state index contributed by atoms with van der Waals surface area (Å²) in [6, 6.07) is 4.38. The predicted octanol–water partition coefficient (Wildman–Crippen LogP) is 1.68. The fourth-order valence-corrected chi connectivity index (χ4v) is 2.12. The Morgan fingerprint density at radius 3 is 2.67 bits per heavy atom. The summed E-state index contributed by atoms with van der Waals surface area (Å²) in [5.41, 5.74) is 0.721. The summed E-state index contributed by atoms with van der Waals surface area (Å²) in [5, 5.41) is 3.08. The quantitative estimate of drug-likeness (QED) is 0.839. The molecule has 0 aliphatic heterocycles. The average molecular weight is 295 g/mol. The van der Waals surface area contributed by atoms with Crippen LogP contribution >= 0.6 is 11.6 Å². The minimum atomic E-state index is -3.22. The van der Waals surface area contributed by atoms with E-state index in [1.807, 2.05) is 6.92 Å². The van der Waals surface area contributed by atoms with Gasteiger partial charge in [-0.25, -0.2) is 17.5 Å². The molecule has 0 bridgehead atoms. The van der Waals surface area contributed by atoms with E-state index in [4.69, 9.17) is 11.6 Å². The van der Waals surface area contributed by atoms with Gasteiger partial charge in [-0.1, -0.05) is 17.7 Å². The highest BCUT2D eigenvalue weighted by Gasteiger charge is 2.10. The van der Waals surface area contributed by atoms with Crippen LogP contribution in [-0.4, -0.2) is 27.8 Å². The highest BCUT2D eigenvalue weighted by molar-refractivity contribution is 7.89. The first-order chi connectivity index (χ1) is 8.35. The Hall–Kier alpha value is -0.690. The van der Waals surface area contributed by atoms with Gasteiger partial charge < -0.3 is 5.32 Å². The van der Waals surface area contributed by atoms with Crippen LogP contribution in [0.3, 0.4) is 0 Å². The van der Waals surface area contributed by atoms with E-state index in [-0.39, 0.29) is 23.4 Å². The molecule has 0 aliphatic rings. The largest absolute Gasteiger partial charge is 0.309 e. The molecule has 0 radical (unpaired) electrons. The molecule has 0 aromatic heterocycles. The van der Waals surface area contributed by atoms with Crippen molar-refractivity contribution >= 4 is 21.6 Å². The van der Waals surface area contributed by atoms with E-state index in [2.05, 4.69) is 10.0 Å². The van der Waals surface area contributed by atoms with Crippen LogP contribution in [0.1, 0.15) is 18.5 Å². The Kier molecular flexibility index (Phi) is 5.52. The molecule has 18 heavy (non-hydrogen) atoms. The molecule has 102 valence electrons. The van der Waals surface area contributed by atoms with Gasteiger partial charge >= 0.3 is 0 Å². The van der Waals surface area contributed by atoms with E-state index in [1.54, 1.807) is 6.07 Å². The highest BCUT2D eigenvalue weighted by Crippen LogP contribution is 2.19. The molecule has 7 heteroatoms. The summed E-state index contributed by atoms with van der Waals surface area (Å²) < 4.78 is 37.8. The summed E-state index contributed by atoms with van der Waals surface area (Å²) in [6.45, 7) is 2.11. The van der Waals surface area contributed by atoms with Crippen LogP contribution in [0.4, 0.5) is 4.39 Å². The van der Waals surface area contributed by atoms with Crippen molar-refractivity contribution in [3.63, 3.8) is 0 Å². The van der Waals surface area contributed by atoms with Crippen molar-refractivity contribution < 1.29 is 12.8 Å². The minimum absolute atomic E-state index is 0.0239.